The van der Waals surface area contributed by atoms with Gasteiger partial charge in [-0.3, -0.25) is 14.4 Å². The van der Waals surface area contributed by atoms with Crippen molar-refractivity contribution in [3.8, 4) is 0 Å². The minimum Gasteiger partial charge on any atom is -0.339 e. The molecule has 6 nitrogen and oxygen atoms in total. The lowest BCUT2D eigenvalue weighted by Crippen LogP contribution is -2.53. The summed E-state index contributed by atoms with van der Waals surface area (Å²) in [5, 5.41) is 0. The van der Waals surface area contributed by atoms with Crippen LogP contribution in [0.25, 0.3) is 0 Å². The highest BCUT2D eigenvalue weighted by Crippen LogP contribution is 2.21. The van der Waals surface area contributed by atoms with Crippen molar-refractivity contribution in [2.24, 2.45) is 5.92 Å². The standard InChI is InChI=1S/C20H24FN3O3/c1-2-18(25)22-9-7-16(8-10-22)20(27)24-13-11-23(12-14-24)19(26)15-3-5-17(21)6-4-15/h2-6,16H,1,7-14H2. The van der Waals surface area contributed by atoms with Crippen molar-refractivity contribution in [3.05, 3.63) is 48.3 Å². The van der Waals surface area contributed by atoms with Gasteiger partial charge in [0.15, 0.2) is 0 Å². The molecule has 0 atom stereocenters. The van der Waals surface area contributed by atoms with Crippen molar-refractivity contribution in [3.63, 3.8) is 0 Å². The lowest BCUT2D eigenvalue weighted by Gasteiger charge is -2.38. The Morgan fingerprint density at radius 2 is 1.44 bits per heavy atom. The van der Waals surface area contributed by atoms with Crippen LogP contribution >= 0.6 is 0 Å². The molecule has 0 aliphatic carbocycles. The van der Waals surface area contributed by atoms with Crippen LogP contribution in [0.2, 0.25) is 0 Å². The fraction of sp³-hybridized carbons (Fsp3) is 0.450. The summed E-state index contributed by atoms with van der Waals surface area (Å²) >= 11 is 0. The maximum absolute atomic E-state index is 13.0. The molecule has 0 saturated carbocycles. The minimum absolute atomic E-state index is 0.0711. The molecule has 1 aromatic rings. The first-order valence-electron chi connectivity index (χ1n) is 9.24. The van der Waals surface area contributed by atoms with E-state index in [9.17, 15) is 18.8 Å². The van der Waals surface area contributed by atoms with Crippen LogP contribution in [0.15, 0.2) is 36.9 Å². The average molecular weight is 373 g/mol. The second-order valence-corrected chi connectivity index (χ2v) is 6.93. The van der Waals surface area contributed by atoms with Gasteiger partial charge in [0.1, 0.15) is 5.82 Å². The van der Waals surface area contributed by atoms with E-state index in [1.54, 1.807) is 9.80 Å². The van der Waals surface area contributed by atoms with Crippen molar-refractivity contribution < 1.29 is 18.8 Å². The molecule has 3 amide bonds. The van der Waals surface area contributed by atoms with E-state index in [4.69, 9.17) is 0 Å². The number of carbonyl (C=O) groups is 3. The number of piperidine rings is 1. The van der Waals surface area contributed by atoms with Crippen LogP contribution < -0.4 is 0 Å². The first-order valence-corrected chi connectivity index (χ1v) is 9.24. The highest BCUT2D eigenvalue weighted by atomic mass is 19.1. The number of amides is 3. The number of carbonyl (C=O) groups excluding carboxylic acids is 3. The number of nitrogens with zero attached hydrogens (tertiary/aromatic N) is 3. The van der Waals surface area contributed by atoms with Gasteiger partial charge in [0.25, 0.3) is 5.91 Å². The van der Waals surface area contributed by atoms with Crippen molar-refractivity contribution in [1.82, 2.24) is 14.7 Å². The molecule has 1 aromatic carbocycles. The molecule has 2 aliphatic rings. The number of hydrogen-bond acceptors (Lipinski definition) is 3. The van der Waals surface area contributed by atoms with Crippen LogP contribution in [-0.4, -0.2) is 71.7 Å². The fourth-order valence-electron chi connectivity index (χ4n) is 3.64. The third kappa shape index (κ3) is 4.35. The van der Waals surface area contributed by atoms with Gasteiger partial charge in [0.05, 0.1) is 0 Å². The number of halogens is 1. The van der Waals surface area contributed by atoms with Crippen molar-refractivity contribution >= 4 is 17.7 Å². The first kappa shape index (κ1) is 19.1. The summed E-state index contributed by atoms with van der Waals surface area (Å²) in [5.74, 6) is -0.567. The van der Waals surface area contributed by atoms with E-state index in [0.717, 1.165) is 0 Å². The predicted molar refractivity (Wildman–Crippen MR) is 98.4 cm³/mol. The third-order valence-corrected chi connectivity index (χ3v) is 5.30. The van der Waals surface area contributed by atoms with Gasteiger partial charge in [-0.25, -0.2) is 4.39 Å². The summed E-state index contributed by atoms with van der Waals surface area (Å²) in [6.45, 7) is 6.57. The predicted octanol–water partition coefficient (Wildman–Crippen LogP) is 1.53. The largest absolute Gasteiger partial charge is 0.339 e. The number of rotatable bonds is 3. The highest BCUT2D eigenvalue weighted by Gasteiger charge is 2.32. The maximum Gasteiger partial charge on any atom is 0.253 e. The number of likely N-dealkylation sites (tertiary alicyclic amines) is 1. The molecule has 27 heavy (non-hydrogen) atoms. The summed E-state index contributed by atoms with van der Waals surface area (Å²) in [4.78, 5) is 42.1. The van der Waals surface area contributed by atoms with E-state index < -0.39 is 0 Å². The molecule has 0 unspecified atom stereocenters. The molecule has 2 aliphatic heterocycles. The van der Waals surface area contributed by atoms with Gasteiger partial charge in [0, 0.05) is 50.7 Å². The van der Waals surface area contributed by atoms with E-state index in [1.807, 2.05) is 4.90 Å². The molecular weight excluding hydrogens is 349 g/mol. The Morgan fingerprint density at radius 1 is 0.889 bits per heavy atom. The number of benzene rings is 1. The number of hydrogen-bond donors (Lipinski definition) is 0. The number of piperazine rings is 1. The Kier molecular flexibility index (Phi) is 5.88. The molecule has 2 heterocycles. The normalized spacial score (nSPS) is 18.3. The lowest BCUT2D eigenvalue weighted by molar-refractivity contribution is -0.140. The Balaban J connectivity index is 1.49. The lowest BCUT2D eigenvalue weighted by atomic mass is 9.95. The highest BCUT2D eigenvalue weighted by molar-refractivity contribution is 5.94. The molecule has 0 radical (unpaired) electrons. The van der Waals surface area contributed by atoms with Crippen LogP contribution in [0, 0.1) is 11.7 Å². The molecule has 0 N–H and O–H groups in total. The van der Waals surface area contributed by atoms with Crippen molar-refractivity contribution in [2.75, 3.05) is 39.3 Å². The molecular formula is C20H24FN3O3. The zero-order valence-corrected chi connectivity index (χ0v) is 15.3. The van der Waals surface area contributed by atoms with Gasteiger partial charge in [0.2, 0.25) is 11.8 Å². The van der Waals surface area contributed by atoms with Crippen LogP contribution in [0.3, 0.4) is 0 Å². The Bertz CT molecular complexity index is 718. The first-order chi connectivity index (χ1) is 13.0. The minimum atomic E-state index is -0.372. The Labute approximate surface area is 158 Å². The van der Waals surface area contributed by atoms with Gasteiger partial charge in [-0.05, 0) is 43.2 Å². The third-order valence-electron chi connectivity index (χ3n) is 5.30. The molecule has 0 bridgehead atoms. The van der Waals surface area contributed by atoms with Crippen LogP contribution in [0.4, 0.5) is 4.39 Å². The van der Waals surface area contributed by atoms with E-state index in [-0.39, 0.29) is 29.5 Å². The second kappa shape index (κ2) is 8.33. The SMILES string of the molecule is C=CC(=O)N1CCC(C(=O)N2CCN(C(=O)c3ccc(F)cc3)CC2)CC1. The average Bonchev–Trinajstić information content (AvgIpc) is 2.73. The maximum atomic E-state index is 13.0. The molecule has 144 valence electrons. The zero-order valence-electron chi connectivity index (χ0n) is 15.3. The van der Waals surface area contributed by atoms with E-state index in [2.05, 4.69) is 6.58 Å². The van der Waals surface area contributed by atoms with E-state index >= 15 is 0 Å². The summed E-state index contributed by atoms with van der Waals surface area (Å²) in [7, 11) is 0. The summed E-state index contributed by atoms with van der Waals surface area (Å²) < 4.78 is 13.0. The molecule has 7 heteroatoms. The molecule has 2 fully saturated rings. The Hall–Kier alpha value is -2.70. The topological polar surface area (TPSA) is 60.9 Å². The summed E-state index contributed by atoms with van der Waals surface area (Å²) in [6, 6.07) is 5.51. The van der Waals surface area contributed by atoms with E-state index in [1.165, 1.54) is 30.3 Å². The molecule has 3 rings (SSSR count). The fourth-order valence-corrected chi connectivity index (χ4v) is 3.64. The van der Waals surface area contributed by atoms with Crippen LogP contribution in [0.1, 0.15) is 23.2 Å². The van der Waals surface area contributed by atoms with Crippen molar-refractivity contribution in [1.29, 1.82) is 0 Å². The van der Waals surface area contributed by atoms with Crippen LogP contribution in [0.5, 0.6) is 0 Å². The zero-order chi connectivity index (χ0) is 19.4. The Morgan fingerprint density at radius 3 is 2.00 bits per heavy atom. The van der Waals surface area contributed by atoms with Crippen LogP contribution in [-0.2, 0) is 9.59 Å². The van der Waals surface area contributed by atoms with Gasteiger partial charge in [-0.2, -0.15) is 0 Å². The van der Waals surface area contributed by atoms with Gasteiger partial charge >= 0.3 is 0 Å². The molecule has 0 aromatic heterocycles. The van der Waals surface area contributed by atoms with Gasteiger partial charge < -0.3 is 14.7 Å². The summed E-state index contributed by atoms with van der Waals surface area (Å²) in [5.41, 5.74) is 0.454. The smallest absolute Gasteiger partial charge is 0.253 e. The monoisotopic (exact) mass is 373 g/mol. The molecule has 0 spiro atoms. The van der Waals surface area contributed by atoms with Crippen molar-refractivity contribution in [2.45, 2.75) is 12.8 Å². The van der Waals surface area contributed by atoms with Gasteiger partial charge in [-0.1, -0.05) is 6.58 Å². The second-order valence-electron chi connectivity index (χ2n) is 6.93. The van der Waals surface area contributed by atoms with Gasteiger partial charge in [-0.15, -0.1) is 0 Å². The quantitative estimate of drug-likeness (QED) is 0.755. The molecule has 2 saturated heterocycles. The summed E-state index contributed by atoms with van der Waals surface area (Å²) in [6.07, 6.45) is 2.62. The van der Waals surface area contributed by atoms with E-state index in [0.29, 0.717) is 57.7 Å².